The minimum atomic E-state index is -0.975. The summed E-state index contributed by atoms with van der Waals surface area (Å²) in [5, 5.41) is 0.461. The molecule has 5 rings (SSSR count). The Bertz CT molecular complexity index is 1210. The summed E-state index contributed by atoms with van der Waals surface area (Å²) in [5.74, 6) is -2.29. The zero-order valence-electron chi connectivity index (χ0n) is 16.7. The molecule has 2 fully saturated rings. The lowest BCUT2D eigenvalue weighted by molar-refractivity contribution is -0.135. The molecule has 4 nitrogen and oxygen atoms in total. The third-order valence-corrected chi connectivity index (χ3v) is 6.87. The Kier molecular flexibility index (Phi) is 4.46. The molecule has 2 aliphatic carbocycles. The number of amides is 1. The molecule has 1 aromatic heterocycles. The molecule has 160 valence electrons. The summed E-state index contributed by atoms with van der Waals surface area (Å²) in [7, 11) is 0. The predicted molar refractivity (Wildman–Crippen MR) is 110 cm³/mol. The average molecular weight is 426 g/mol. The van der Waals surface area contributed by atoms with Crippen LogP contribution in [0, 0.1) is 28.8 Å². The van der Waals surface area contributed by atoms with E-state index >= 15 is 0 Å². The van der Waals surface area contributed by atoms with E-state index in [1.807, 2.05) is 0 Å². The number of rotatable bonds is 6. The molecule has 1 heterocycles. The van der Waals surface area contributed by atoms with Crippen LogP contribution in [0.25, 0.3) is 22.2 Å². The highest BCUT2D eigenvalue weighted by atomic mass is 19.1. The first-order valence-corrected chi connectivity index (χ1v) is 10.4. The van der Waals surface area contributed by atoms with E-state index in [4.69, 9.17) is 5.73 Å². The number of carbonyl (C=O) groups excluding carboxylic acids is 2. The van der Waals surface area contributed by atoms with Gasteiger partial charge in [0.05, 0.1) is 11.2 Å². The van der Waals surface area contributed by atoms with Crippen molar-refractivity contribution in [3.05, 3.63) is 59.4 Å². The van der Waals surface area contributed by atoms with E-state index in [0.29, 0.717) is 42.3 Å². The lowest BCUT2D eigenvalue weighted by Crippen LogP contribution is -2.35. The minimum Gasteiger partial charge on any atom is -0.369 e. The van der Waals surface area contributed by atoms with Crippen molar-refractivity contribution in [2.75, 3.05) is 0 Å². The Morgan fingerprint density at radius 2 is 1.71 bits per heavy atom. The Hall–Kier alpha value is -3.09. The van der Waals surface area contributed by atoms with Crippen molar-refractivity contribution in [2.45, 2.75) is 38.0 Å². The quantitative estimate of drug-likeness (QED) is 0.546. The van der Waals surface area contributed by atoms with Gasteiger partial charge in [-0.15, -0.1) is 0 Å². The number of hydrogen-bond acceptors (Lipinski definition) is 2. The van der Waals surface area contributed by atoms with Crippen LogP contribution in [-0.2, 0) is 9.59 Å². The number of hydrogen-bond donors (Lipinski definition) is 2. The van der Waals surface area contributed by atoms with Crippen molar-refractivity contribution in [2.24, 2.45) is 17.1 Å². The van der Waals surface area contributed by atoms with Crippen molar-refractivity contribution in [3.8, 4) is 11.3 Å². The van der Waals surface area contributed by atoms with Gasteiger partial charge < -0.3 is 10.7 Å². The lowest BCUT2D eigenvalue weighted by atomic mass is 9.67. The molecule has 2 saturated carbocycles. The Morgan fingerprint density at radius 1 is 1.03 bits per heavy atom. The standard InChI is InChI=1S/C24H21F3N2O2/c25-15-3-1-13(2-4-15)21-20(17-10-16(26)11-18(27)22(17)29-21)14-7-12(8-14)9-19(30)24(5-6-24)23(28)31/h1-4,10-12,14,29H,5-9H2,(H2,28,31). The fourth-order valence-electron chi connectivity index (χ4n) is 4.89. The molecule has 1 amide bonds. The maximum Gasteiger partial charge on any atom is 0.231 e. The third-order valence-electron chi connectivity index (χ3n) is 6.87. The molecule has 0 unspecified atom stereocenters. The number of benzene rings is 2. The summed E-state index contributed by atoms with van der Waals surface area (Å²) in [6.07, 6.45) is 2.66. The van der Waals surface area contributed by atoms with Crippen LogP contribution in [0.4, 0.5) is 13.2 Å². The molecule has 7 heteroatoms. The molecule has 0 radical (unpaired) electrons. The molecule has 0 spiro atoms. The molecule has 2 aromatic carbocycles. The van der Waals surface area contributed by atoms with Gasteiger partial charge in [-0.1, -0.05) is 0 Å². The number of H-pyrrole nitrogens is 1. The number of aromatic amines is 1. The number of nitrogens with one attached hydrogen (secondary N) is 1. The van der Waals surface area contributed by atoms with E-state index < -0.39 is 23.0 Å². The van der Waals surface area contributed by atoms with E-state index in [-0.39, 0.29) is 35.4 Å². The van der Waals surface area contributed by atoms with Crippen molar-refractivity contribution in [3.63, 3.8) is 0 Å². The van der Waals surface area contributed by atoms with Crippen molar-refractivity contribution < 1.29 is 22.8 Å². The zero-order chi connectivity index (χ0) is 21.9. The van der Waals surface area contributed by atoms with Gasteiger partial charge in [0.25, 0.3) is 0 Å². The SMILES string of the molecule is NC(=O)C1(C(=O)CC2CC(c3c(-c4ccc(F)cc4)[nH]c4c(F)cc(F)cc34)C2)CC1. The fourth-order valence-corrected chi connectivity index (χ4v) is 4.89. The largest absolute Gasteiger partial charge is 0.369 e. The summed E-state index contributed by atoms with van der Waals surface area (Å²) >= 11 is 0. The van der Waals surface area contributed by atoms with Crippen LogP contribution >= 0.6 is 0 Å². The number of carbonyl (C=O) groups is 2. The molecular weight excluding hydrogens is 405 g/mol. The number of primary amides is 1. The molecule has 0 aliphatic heterocycles. The predicted octanol–water partition coefficient (Wildman–Crippen LogP) is 4.97. The lowest BCUT2D eigenvalue weighted by Gasteiger charge is -2.36. The van der Waals surface area contributed by atoms with E-state index in [9.17, 15) is 22.8 Å². The Morgan fingerprint density at radius 3 is 2.32 bits per heavy atom. The van der Waals surface area contributed by atoms with Crippen LogP contribution in [0.3, 0.4) is 0 Å². The highest BCUT2D eigenvalue weighted by Gasteiger charge is 2.55. The normalized spacial score (nSPS) is 21.6. The van der Waals surface area contributed by atoms with Gasteiger partial charge in [-0.3, -0.25) is 9.59 Å². The fraction of sp³-hybridized carbons (Fsp3) is 0.333. The molecular formula is C24H21F3N2O2. The zero-order valence-corrected chi connectivity index (χ0v) is 16.7. The topological polar surface area (TPSA) is 76.0 Å². The van der Waals surface area contributed by atoms with E-state index in [0.717, 1.165) is 11.6 Å². The van der Waals surface area contributed by atoms with Gasteiger partial charge in [-0.2, -0.15) is 0 Å². The molecule has 3 aromatic rings. The molecule has 0 bridgehead atoms. The van der Waals surface area contributed by atoms with Crippen LogP contribution in [0.15, 0.2) is 36.4 Å². The van der Waals surface area contributed by atoms with Crippen LogP contribution in [0.1, 0.15) is 43.6 Å². The maximum atomic E-state index is 14.4. The molecule has 0 atom stereocenters. The van der Waals surface area contributed by atoms with Gasteiger partial charge in [0.1, 0.15) is 28.6 Å². The van der Waals surface area contributed by atoms with Crippen LogP contribution in [-0.4, -0.2) is 16.7 Å². The number of halogens is 3. The number of aromatic nitrogens is 1. The van der Waals surface area contributed by atoms with Gasteiger partial charge in [0.2, 0.25) is 5.91 Å². The van der Waals surface area contributed by atoms with E-state index in [2.05, 4.69) is 4.98 Å². The summed E-state index contributed by atoms with van der Waals surface area (Å²) in [4.78, 5) is 27.2. The number of nitrogens with two attached hydrogens (primary N) is 1. The number of ketones is 1. The second-order valence-corrected chi connectivity index (χ2v) is 8.84. The second-order valence-electron chi connectivity index (χ2n) is 8.84. The minimum absolute atomic E-state index is 0.00321. The summed E-state index contributed by atoms with van der Waals surface area (Å²) in [6.45, 7) is 0. The first kappa shape index (κ1) is 19.8. The number of Topliss-reactive ketones (excluding diaryl/α,β-unsaturated/α-hetero) is 1. The molecule has 31 heavy (non-hydrogen) atoms. The maximum absolute atomic E-state index is 14.4. The summed E-state index contributed by atoms with van der Waals surface area (Å²) < 4.78 is 41.9. The van der Waals surface area contributed by atoms with Crippen LogP contribution in [0.5, 0.6) is 0 Å². The van der Waals surface area contributed by atoms with E-state index in [1.54, 1.807) is 12.1 Å². The molecule has 2 aliphatic rings. The summed E-state index contributed by atoms with van der Waals surface area (Å²) in [6, 6.07) is 7.98. The smallest absolute Gasteiger partial charge is 0.231 e. The first-order valence-electron chi connectivity index (χ1n) is 10.4. The van der Waals surface area contributed by atoms with Crippen LogP contribution in [0.2, 0.25) is 0 Å². The van der Waals surface area contributed by atoms with Crippen LogP contribution < -0.4 is 5.73 Å². The van der Waals surface area contributed by atoms with Gasteiger partial charge in [0.15, 0.2) is 0 Å². The van der Waals surface area contributed by atoms with Gasteiger partial charge in [-0.05, 0) is 79.0 Å². The summed E-state index contributed by atoms with van der Waals surface area (Å²) in [5.41, 5.74) is 6.72. The second kappa shape index (κ2) is 6.97. The Balaban J connectivity index is 1.45. The van der Waals surface area contributed by atoms with Crippen molar-refractivity contribution in [1.29, 1.82) is 0 Å². The van der Waals surface area contributed by atoms with Crippen molar-refractivity contribution in [1.82, 2.24) is 4.98 Å². The van der Waals surface area contributed by atoms with E-state index in [1.165, 1.54) is 18.2 Å². The van der Waals surface area contributed by atoms with Gasteiger partial charge >= 0.3 is 0 Å². The van der Waals surface area contributed by atoms with Gasteiger partial charge in [-0.25, -0.2) is 13.2 Å². The van der Waals surface area contributed by atoms with Crippen molar-refractivity contribution >= 4 is 22.6 Å². The highest BCUT2D eigenvalue weighted by molar-refractivity contribution is 6.08. The monoisotopic (exact) mass is 426 g/mol. The average Bonchev–Trinajstić information content (AvgIpc) is 3.42. The first-order chi connectivity index (χ1) is 14.8. The molecule has 0 saturated heterocycles. The molecule has 3 N–H and O–H groups in total. The third kappa shape index (κ3) is 3.23. The number of fused-ring (bicyclic) bond motifs is 1. The van der Waals surface area contributed by atoms with Gasteiger partial charge in [0, 0.05) is 17.9 Å². The highest BCUT2D eigenvalue weighted by Crippen LogP contribution is 2.53. The Labute approximate surface area is 176 Å².